The largest absolute Gasteiger partial charge is 0.494 e. The number of alkyl carbamates (subject to hydrolysis) is 1. The number of benzene rings is 2. The van der Waals surface area contributed by atoms with Gasteiger partial charge in [-0.2, -0.15) is 5.26 Å². The summed E-state index contributed by atoms with van der Waals surface area (Å²) in [6, 6.07) is 13.3. The summed E-state index contributed by atoms with van der Waals surface area (Å²) in [5, 5.41) is 14.0. The van der Waals surface area contributed by atoms with Gasteiger partial charge in [0, 0.05) is 11.6 Å². The highest BCUT2D eigenvalue weighted by Gasteiger charge is 2.52. The second-order valence-corrected chi connectivity index (χ2v) is 12.6. The smallest absolute Gasteiger partial charge is 0.453 e. The first-order valence-corrected chi connectivity index (χ1v) is 14.5. The van der Waals surface area contributed by atoms with E-state index < -0.39 is 30.5 Å². The molecule has 1 aliphatic carbocycles. The zero-order chi connectivity index (χ0) is 29.8. The molecular weight excluding hydrogens is 533 g/mol. The van der Waals surface area contributed by atoms with E-state index in [0.717, 1.165) is 52.6 Å². The van der Waals surface area contributed by atoms with Crippen LogP contribution < -0.4 is 10.8 Å². The van der Waals surface area contributed by atoms with Crippen LogP contribution in [-0.2, 0) is 18.8 Å². The minimum Gasteiger partial charge on any atom is -0.453 e. The number of nitrogens with one attached hydrogen (secondary N) is 2. The number of aromatic nitrogens is 2. The Labute approximate surface area is 245 Å². The quantitative estimate of drug-likeness (QED) is 0.426. The molecule has 1 saturated carbocycles. The van der Waals surface area contributed by atoms with Gasteiger partial charge in [0.1, 0.15) is 11.9 Å². The summed E-state index contributed by atoms with van der Waals surface area (Å²) >= 11 is 0. The molecule has 11 heteroatoms. The monoisotopic (exact) mass is 569 g/mol. The van der Waals surface area contributed by atoms with Crippen molar-refractivity contribution in [1.29, 1.82) is 5.26 Å². The molecule has 2 bridgehead atoms. The fraction of sp³-hybridized carbons (Fsp3) is 0.484. The lowest BCUT2D eigenvalue weighted by atomic mass is 9.78. The van der Waals surface area contributed by atoms with Crippen molar-refractivity contribution in [3.63, 3.8) is 0 Å². The van der Waals surface area contributed by atoms with Crippen LogP contribution >= 0.6 is 0 Å². The first-order valence-electron chi connectivity index (χ1n) is 14.5. The van der Waals surface area contributed by atoms with Crippen LogP contribution in [0.2, 0.25) is 0 Å². The molecule has 2 saturated heterocycles. The first kappa shape index (κ1) is 28.3. The SMILES string of the molecule is COC(=O)N[C@@H](CC#N)C(=O)N1[C@@H]2CC[C@H](C2)[C@H]1c1ncc(-c2ccc3cc(B4OC(C)(C)C(C)(C)O4)ccc3c2)[nH]1. The Morgan fingerprint density at radius 1 is 1.17 bits per heavy atom. The van der Waals surface area contributed by atoms with E-state index in [1.165, 1.54) is 7.11 Å². The van der Waals surface area contributed by atoms with Crippen LogP contribution in [0.25, 0.3) is 22.0 Å². The van der Waals surface area contributed by atoms with E-state index in [2.05, 4.69) is 73.1 Å². The van der Waals surface area contributed by atoms with E-state index >= 15 is 0 Å². The van der Waals surface area contributed by atoms with Gasteiger partial charge in [0.25, 0.3) is 0 Å². The predicted molar refractivity (Wildman–Crippen MR) is 158 cm³/mol. The third-order valence-electron chi connectivity index (χ3n) is 9.49. The molecule has 6 rings (SSSR count). The second-order valence-electron chi connectivity index (χ2n) is 12.6. The molecule has 3 aliphatic rings. The van der Waals surface area contributed by atoms with Crippen molar-refractivity contribution in [2.75, 3.05) is 7.11 Å². The number of nitrogens with zero attached hydrogens (tertiary/aromatic N) is 3. The van der Waals surface area contributed by atoms with Gasteiger partial charge >= 0.3 is 13.2 Å². The summed E-state index contributed by atoms with van der Waals surface area (Å²) in [5.41, 5.74) is 2.03. The number of hydrogen-bond acceptors (Lipinski definition) is 7. The molecular formula is C31H36BN5O5. The van der Waals surface area contributed by atoms with E-state index in [0.29, 0.717) is 0 Å². The number of methoxy groups -OCH3 is 1. The molecule has 0 spiro atoms. The van der Waals surface area contributed by atoms with Crippen LogP contribution in [0.4, 0.5) is 4.79 Å². The van der Waals surface area contributed by atoms with Crippen molar-refractivity contribution in [1.82, 2.24) is 20.2 Å². The van der Waals surface area contributed by atoms with Crippen LogP contribution in [0.3, 0.4) is 0 Å². The maximum absolute atomic E-state index is 13.6. The van der Waals surface area contributed by atoms with Crippen LogP contribution in [0, 0.1) is 17.2 Å². The molecule has 2 aromatic carbocycles. The number of ether oxygens (including phenoxy) is 1. The lowest BCUT2D eigenvalue weighted by Gasteiger charge is -2.36. The molecule has 0 unspecified atom stereocenters. The zero-order valence-electron chi connectivity index (χ0n) is 24.6. The van der Waals surface area contributed by atoms with Gasteiger partial charge in [-0.1, -0.05) is 30.3 Å². The van der Waals surface area contributed by atoms with Gasteiger partial charge in [-0.3, -0.25) is 4.79 Å². The van der Waals surface area contributed by atoms with Gasteiger partial charge in [-0.05, 0) is 75.2 Å². The molecule has 218 valence electrons. The normalized spacial score (nSPS) is 24.5. The van der Waals surface area contributed by atoms with Gasteiger partial charge in [0.15, 0.2) is 0 Å². The third kappa shape index (κ3) is 4.82. The number of piperidine rings is 1. The van der Waals surface area contributed by atoms with Crippen molar-refractivity contribution in [3.8, 4) is 17.3 Å². The number of aromatic amines is 1. The molecule has 2 amide bonds. The average Bonchev–Trinajstić information content (AvgIpc) is 3.75. The van der Waals surface area contributed by atoms with Crippen molar-refractivity contribution >= 4 is 35.4 Å². The van der Waals surface area contributed by atoms with Gasteiger partial charge in [0.2, 0.25) is 5.91 Å². The second kappa shape index (κ2) is 10.4. The number of amides is 2. The Hall–Kier alpha value is -3.88. The van der Waals surface area contributed by atoms with Crippen molar-refractivity contribution in [2.45, 2.75) is 82.7 Å². The van der Waals surface area contributed by atoms with E-state index in [1.54, 1.807) is 0 Å². The molecule has 42 heavy (non-hydrogen) atoms. The van der Waals surface area contributed by atoms with Crippen molar-refractivity contribution in [3.05, 3.63) is 48.4 Å². The molecule has 10 nitrogen and oxygen atoms in total. The Balaban J connectivity index is 1.24. The molecule has 3 heterocycles. The minimum atomic E-state index is -0.971. The molecule has 2 aliphatic heterocycles. The third-order valence-corrected chi connectivity index (χ3v) is 9.49. The number of likely N-dealkylation sites (tertiary alicyclic amines) is 1. The summed E-state index contributed by atoms with van der Waals surface area (Å²) in [6.07, 6.45) is 3.73. The highest BCUT2D eigenvalue weighted by molar-refractivity contribution is 6.62. The Morgan fingerprint density at radius 3 is 2.60 bits per heavy atom. The number of H-pyrrole nitrogens is 1. The highest BCUT2D eigenvalue weighted by Crippen LogP contribution is 2.50. The Bertz CT molecular complexity index is 1560. The lowest BCUT2D eigenvalue weighted by Crippen LogP contribution is -2.51. The summed E-state index contributed by atoms with van der Waals surface area (Å²) < 4.78 is 17.2. The molecule has 0 radical (unpaired) electrons. The molecule has 1 aromatic heterocycles. The van der Waals surface area contributed by atoms with Gasteiger partial charge < -0.3 is 29.2 Å². The average molecular weight is 569 g/mol. The number of nitriles is 1. The van der Waals surface area contributed by atoms with Crippen LogP contribution in [-0.4, -0.2) is 64.4 Å². The number of rotatable bonds is 6. The van der Waals surface area contributed by atoms with Crippen LogP contribution in [0.1, 0.15) is 65.2 Å². The number of carbonyl (C=O) groups excluding carboxylic acids is 2. The summed E-state index contributed by atoms with van der Waals surface area (Å²) in [6.45, 7) is 8.20. The van der Waals surface area contributed by atoms with E-state index in [9.17, 15) is 14.9 Å². The Kier molecular flexibility index (Phi) is 7.02. The van der Waals surface area contributed by atoms with Gasteiger partial charge in [-0.15, -0.1) is 0 Å². The number of carbonyl (C=O) groups is 2. The first-order chi connectivity index (χ1) is 20.0. The minimum absolute atomic E-state index is 0.0560. The highest BCUT2D eigenvalue weighted by atomic mass is 16.7. The Morgan fingerprint density at radius 2 is 1.88 bits per heavy atom. The topological polar surface area (TPSA) is 130 Å². The molecule has 2 N–H and O–H groups in total. The summed E-state index contributed by atoms with van der Waals surface area (Å²) in [4.78, 5) is 35.5. The summed E-state index contributed by atoms with van der Waals surface area (Å²) in [7, 11) is 0.817. The number of hydrogen-bond donors (Lipinski definition) is 2. The van der Waals surface area contributed by atoms with Crippen molar-refractivity contribution < 1.29 is 23.6 Å². The zero-order valence-corrected chi connectivity index (χ0v) is 24.6. The van der Waals surface area contributed by atoms with E-state index in [-0.39, 0.29) is 30.3 Å². The number of fused-ring (bicyclic) bond motifs is 3. The van der Waals surface area contributed by atoms with Crippen LogP contribution in [0.15, 0.2) is 42.6 Å². The fourth-order valence-electron chi connectivity index (χ4n) is 6.52. The number of imidazole rings is 1. The predicted octanol–water partition coefficient (Wildman–Crippen LogP) is 4.22. The standard InChI is InChI=1S/C31H36BN5O5/c1-30(2)31(3,4)42-32(41-30)22-10-8-18-14-20(7-6-19(18)15-22)25-17-34-27(35-25)26-21-9-11-23(16-21)37(26)28(38)24(12-13-33)36-29(39)40-5/h6-8,10,14-15,17,21,23-24,26H,9,11-12,16H2,1-5H3,(H,34,35)(H,36,39)/t21-,23-,24+,26+/m1/s1. The lowest BCUT2D eigenvalue weighted by molar-refractivity contribution is -0.138. The van der Waals surface area contributed by atoms with E-state index in [4.69, 9.17) is 14.3 Å². The van der Waals surface area contributed by atoms with Gasteiger partial charge in [-0.25, -0.2) is 9.78 Å². The van der Waals surface area contributed by atoms with E-state index in [1.807, 2.05) is 23.2 Å². The van der Waals surface area contributed by atoms with Gasteiger partial charge in [0.05, 0.1) is 48.7 Å². The molecule has 3 aromatic rings. The molecule has 3 fully saturated rings. The maximum atomic E-state index is 13.6. The van der Waals surface area contributed by atoms with Crippen molar-refractivity contribution in [2.24, 2.45) is 5.92 Å². The maximum Gasteiger partial charge on any atom is 0.494 e. The fourth-order valence-corrected chi connectivity index (χ4v) is 6.52. The van der Waals surface area contributed by atoms with Crippen LogP contribution in [0.5, 0.6) is 0 Å². The molecule has 4 atom stereocenters. The summed E-state index contributed by atoms with van der Waals surface area (Å²) in [5.74, 6) is 0.708.